The second-order valence-corrected chi connectivity index (χ2v) is 8.13. The maximum Gasteiger partial charge on any atom is 0.253 e. The Morgan fingerprint density at radius 1 is 1.00 bits per heavy atom. The third kappa shape index (κ3) is 10.4. The summed E-state index contributed by atoms with van der Waals surface area (Å²) in [4.78, 5) is 58.1. The largest absolute Gasteiger partial charge is 0.352 e. The van der Waals surface area contributed by atoms with Crippen LogP contribution in [0.2, 0.25) is 0 Å². The summed E-state index contributed by atoms with van der Waals surface area (Å²) in [6.45, 7) is 2.93. The van der Waals surface area contributed by atoms with Crippen LogP contribution in [0.3, 0.4) is 0 Å². The SMILES string of the molecule is CC(=O)NCSCC[C@@H](CSCNC(C)=O)NC(=O)CCN1C(=O)C=CC1=O. The molecule has 0 fully saturated rings. The zero-order chi connectivity index (χ0) is 20.9. The molecule has 0 aromatic rings. The summed E-state index contributed by atoms with van der Waals surface area (Å²) in [6.07, 6.45) is 3.10. The molecule has 9 nitrogen and oxygen atoms in total. The summed E-state index contributed by atoms with van der Waals surface area (Å²) in [6, 6.07) is -0.126. The predicted molar refractivity (Wildman–Crippen MR) is 109 cm³/mol. The molecule has 0 unspecified atom stereocenters. The molecule has 0 bridgehead atoms. The van der Waals surface area contributed by atoms with Crippen LogP contribution in [0.4, 0.5) is 0 Å². The first-order valence-electron chi connectivity index (χ1n) is 8.77. The molecular weight excluding hydrogens is 404 g/mol. The second-order valence-electron chi connectivity index (χ2n) is 6.00. The minimum Gasteiger partial charge on any atom is -0.352 e. The molecule has 28 heavy (non-hydrogen) atoms. The highest BCUT2D eigenvalue weighted by Crippen LogP contribution is 2.10. The Labute approximate surface area is 172 Å². The lowest BCUT2D eigenvalue weighted by atomic mass is 10.2. The van der Waals surface area contributed by atoms with Crippen molar-refractivity contribution < 1.29 is 24.0 Å². The Hall–Kier alpha value is -2.01. The van der Waals surface area contributed by atoms with Crippen molar-refractivity contribution in [3.05, 3.63) is 12.2 Å². The first-order valence-corrected chi connectivity index (χ1v) is 11.1. The fraction of sp³-hybridized carbons (Fsp3) is 0.588. The van der Waals surface area contributed by atoms with Crippen LogP contribution in [0.15, 0.2) is 12.2 Å². The third-order valence-corrected chi connectivity index (χ3v) is 5.46. The van der Waals surface area contributed by atoms with Gasteiger partial charge in [-0.3, -0.25) is 28.9 Å². The first-order chi connectivity index (χ1) is 13.3. The molecule has 1 rings (SSSR count). The fourth-order valence-electron chi connectivity index (χ4n) is 2.17. The van der Waals surface area contributed by atoms with E-state index in [1.807, 2.05) is 0 Å². The fourth-order valence-corrected chi connectivity index (χ4v) is 4.02. The van der Waals surface area contributed by atoms with Gasteiger partial charge in [-0.15, -0.1) is 23.5 Å². The van der Waals surface area contributed by atoms with Crippen molar-refractivity contribution in [2.45, 2.75) is 32.7 Å². The number of hydrogen-bond donors (Lipinski definition) is 3. The van der Waals surface area contributed by atoms with Crippen LogP contribution in [0.1, 0.15) is 26.7 Å². The average molecular weight is 431 g/mol. The lowest BCUT2D eigenvalue weighted by Crippen LogP contribution is -2.40. The third-order valence-electron chi connectivity index (χ3n) is 3.60. The lowest BCUT2D eigenvalue weighted by molar-refractivity contribution is -0.137. The number of carbonyl (C=O) groups excluding carboxylic acids is 5. The highest BCUT2D eigenvalue weighted by atomic mass is 32.2. The number of nitrogens with zero attached hydrogens (tertiary/aromatic N) is 1. The summed E-state index contributed by atoms with van der Waals surface area (Å²) in [5.74, 6) is 1.02. The number of nitrogens with one attached hydrogen (secondary N) is 3. The normalized spacial score (nSPS) is 14.1. The number of thioether (sulfide) groups is 2. The molecule has 11 heteroatoms. The molecule has 0 saturated carbocycles. The van der Waals surface area contributed by atoms with Crippen molar-refractivity contribution in [2.75, 3.05) is 29.8 Å². The van der Waals surface area contributed by atoms with E-state index in [1.54, 1.807) is 11.8 Å². The lowest BCUT2D eigenvalue weighted by Gasteiger charge is -2.20. The van der Waals surface area contributed by atoms with Gasteiger partial charge in [0.05, 0.1) is 11.8 Å². The molecule has 1 atom stereocenters. The van der Waals surface area contributed by atoms with Crippen molar-refractivity contribution in [2.24, 2.45) is 0 Å². The molecule has 0 radical (unpaired) electrons. The van der Waals surface area contributed by atoms with Gasteiger partial charge in [-0.1, -0.05) is 0 Å². The van der Waals surface area contributed by atoms with Crippen LogP contribution < -0.4 is 16.0 Å². The Morgan fingerprint density at radius 3 is 2.14 bits per heavy atom. The van der Waals surface area contributed by atoms with Gasteiger partial charge in [-0.05, 0) is 12.2 Å². The van der Waals surface area contributed by atoms with E-state index in [-0.39, 0.29) is 36.7 Å². The van der Waals surface area contributed by atoms with E-state index in [0.717, 1.165) is 10.7 Å². The molecule has 3 N–H and O–H groups in total. The van der Waals surface area contributed by atoms with E-state index in [2.05, 4.69) is 16.0 Å². The van der Waals surface area contributed by atoms with E-state index < -0.39 is 11.8 Å². The van der Waals surface area contributed by atoms with Gasteiger partial charge in [-0.25, -0.2) is 0 Å². The maximum absolute atomic E-state index is 12.2. The highest BCUT2D eigenvalue weighted by molar-refractivity contribution is 7.99. The van der Waals surface area contributed by atoms with Crippen molar-refractivity contribution >= 4 is 53.1 Å². The van der Waals surface area contributed by atoms with Crippen LogP contribution in [0, 0.1) is 0 Å². The molecular formula is C17H26N4O5S2. The summed E-state index contributed by atoms with van der Waals surface area (Å²) < 4.78 is 0. The minimum absolute atomic E-state index is 0.0328. The zero-order valence-electron chi connectivity index (χ0n) is 16.0. The standard InChI is InChI=1S/C17H26N4O5S2/c1-12(22)18-10-27-8-6-14(9-28-11-19-13(2)23)20-15(24)5-7-21-16(25)3-4-17(21)26/h3-4,14H,5-11H2,1-2H3,(H,18,22)(H,19,23)(H,20,24)/t14-/m0/s1. The topological polar surface area (TPSA) is 125 Å². The van der Waals surface area contributed by atoms with E-state index >= 15 is 0 Å². The van der Waals surface area contributed by atoms with Crippen molar-refractivity contribution in [1.82, 2.24) is 20.9 Å². The van der Waals surface area contributed by atoms with E-state index in [0.29, 0.717) is 23.9 Å². The van der Waals surface area contributed by atoms with Crippen LogP contribution in [0.25, 0.3) is 0 Å². The van der Waals surface area contributed by atoms with Crippen LogP contribution in [-0.2, 0) is 24.0 Å². The smallest absolute Gasteiger partial charge is 0.253 e. The van der Waals surface area contributed by atoms with E-state index in [4.69, 9.17) is 0 Å². The number of carbonyl (C=O) groups is 5. The summed E-state index contributed by atoms with van der Waals surface area (Å²) in [5, 5.41) is 8.29. The predicted octanol–water partition coefficient (Wildman–Crippen LogP) is -0.170. The van der Waals surface area contributed by atoms with Crippen LogP contribution >= 0.6 is 23.5 Å². The van der Waals surface area contributed by atoms with Crippen molar-refractivity contribution in [1.29, 1.82) is 0 Å². The Balaban J connectivity index is 2.39. The summed E-state index contributed by atoms with van der Waals surface area (Å²) in [7, 11) is 0. The van der Waals surface area contributed by atoms with Gasteiger partial charge < -0.3 is 16.0 Å². The number of hydrogen-bond acceptors (Lipinski definition) is 7. The zero-order valence-corrected chi connectivity index (χ0v) is 17.6. The molecule has 0 spiro atoms. The molecule has 1 aliphatic heterocycles. The average Bonchev–Trinajstić information content (AvgIpc) is 2.93. The number of imide groups is 1. The van der Waals surface area contributed by atoms with Gasteiger partial charge in [0.2, 0.25) is 17.7 Å². The van der Waals surface area contributed by atoms with Gasteiger partial charge in [0.15, 0.2) is 0 Å². The Bertz CT molecular complexity index is 609. The Morgan fingerprint density at radius 2 is 1.57 bits per heavy atom. The Kier molecular flexibility index (Phi) is 11.3. The van der Waals surface area contributed by atoms with Gasteiger partial charge in [0, 0.05) is 50.8 Å². The first kappa shape index (κ1) is 24.0. The minimum atomic E-state index is -0.408. The van der Waals surface area contributed by atoms with Crippen LogP contribution in [0.5, 0.6) is 0 Å². The molecule has 0 aromatic heterocycles. The van der Waals surface area contributed by atoms with Crippen molar-refractivity contribution in [3.8, 4) is 0 Å². The molecule has 0 saturated heterocycles. The van der Waals surface area contributed by atoms with Gasteiger partial charge in [0.1, 0.15) is 0 Å². The molecule has 0 aliphatic carbocycles. The molecule has 1 aliphatic rings. The maximum atomic E-state index is 12.2. The molecule has 0 aromatic carbocycles. The van der Waals surface area contributed by atoms with E-state index in [1.165, 1.54) is 37.8 Å². The molecule has 1 heterocycles. The van der Waals surface area contributed by atoms with E-state index in [9.17, 15) is 24.0 Å². The van der Waals surface area contributed by atoms with Crippen molar-refractivity contribution in [3.63, 3.8) is 0 Å². The number of amides is 5. The molecule has 5 amide bonds. The van der Waals surface area contributed by atoms with Gasteiger partial charge in [0.25, 0.3) is 11.8 Å². The highest BCUT2D eigenvalue weighted by Gasteiger charge is 2.24. The molecule has 156 valence electrons. The monoisotopic (exact) mass is 430 g/mol. The number of rotatable bonds is 13. The van der Waals surface area contributed by atoms with Gasteiger partial charge >= 0.3 is 0 Å². The summed E-state index contributed by atoms with van der Waals surface area (Å²) in [5.41, 5.74) is 0. The summed E-state index contributed by atoms with van der Waals surface area (Å²) >= 11 is 3.04. The second kappa shape index (κ2) is 13.2. The van der Waals surface area contributed by atoms with Crippen LogP contribution in [-0.4, -0.2) is 70.3 Å². The quantitative estimate of drug-likeness (QED) is 0.210. The van der Waals surface area contributed by atoms with Gasteiger partial charge in [-0.2, -0.15) is 0 Å².